The van der Waals surface area contributed by atoms with Gasteiger partial charge in [-0.05, 0) is 0 Å². The number of hydrogen-bond donors (Lipinski definition) is 0. The molecule has 1 aromatic heterocycles. The maximum absolute atomic E-state index is 4.93. The van der Waals surface area contributed by atoms with E-state index in [4.69, 9.17) is 4.42 Å². The second kappa shape index (κ2) is 3.06. The molecule has 46 valence electrons. The third-order valence-electron chi connectivity index (χ3n) is 1.02. The first-order valence-electron chi connectivity index (χ1n) is 2.20. The minimum absolute atomic E-state index is 0. The van der Waals surface area contributed by atoms with Gasteiger partial charge >= 0.3 is 5.89 Å². The molecule has 0 saturated carbocycles. The Balaban J connectivity index is 0.000000490. The highest BCUT2D eigenvalue weighted by Crippen LogP contribution is 1.83. The Kier molecular flexibility index (Phi) is 3.04. The topological polar surface area (TPSA) is 17.0 Å². The van der Waals surface area contributed by atoms with Crippen molar-refractivity contribution in [3.63, 3.8) is 0 Å². The first-order chi connectivity index (χ1) is 3.30. The van der Waals surface area contributed by atoms with E-state index in [1.54, 1.807) is 6.26 Å². The highest BCUT2D eigenvalue weighted by molar-refractivity contribution is 4.59. The largest absolute Gasteiger partial charge is 1.00 e. The van der Waals surface area contributed by atoms with E-state index in [0.717, 1.165) is 5.89 Å². The van der Waals surface area contributed by atoms with Crippen molar-refractivity contribution >= 4 is 0 Å². The van der Waals surface area contributed by atoms with Crippen molar-refractivity contribution in [3.05, 3.63) is 18.4 Å². The molecule has 1 heterocycles. The van der Waals surface area contributed by atoms with Gasteiger partial charge in [0, 0.05) is 0 Å². The van der Waals surface area contributed by atoms with Crippen molar-refractivity contribution in [2.45, 2.75) is 6.92 Å². The summed E-state index contributed by atoms with van der Waals surface area (Å²) in [5.41, 5.74) is 0. The summed E-state index contributed by atoms with van der Waals surface area (Å²) in [4.78, 5) is 0. The summed E-state index contributed by atoms with van der Waals surface area (Å²) >= 11 is 0. The Hall–Kier alpha value is -0.0600. The van der Waals surface area contributed by atoms with E-state index < -0.39 is 0 Å². The quantitative estimate of drug-likeness (QED) is 0.350. The van der Waals surface area contributed by atoms with Crippen molar-refractivity contribution < 1.29 is 33.0 Å². The highest BCUT2D eigenvalue weighted by Gasteiger charge is 1.97. The van der Waals surface area contributed by atoms with Crippen molar-refractivity contribution in [2.75, 3.05) is 0 Å². The molecular formula is C5H8INO. The van der Waals surface area contributed by atoms with Crippen LogP contribution in [0.5, 0.6) is 0 Å². The Morgan fingerprint density at radius 1 is 1.62 bits per heavy atom. The number of rotatable bonds is 0. The molecule has 0 aromatic carbocycles. The minimum Gasteiger partial charge on any atom is -1.00 e. The molecule has 1 aromatic rings. The molecule has 0 radical (unpaired) electrons. The van der Waals surface area contributed by atoms with Crippen molar-refractivity contribution in [1.82, 2.24) is 0 Å². The fourth-order valence-corrected chi connectivity index (χ4v) is 0.408. The van der Waals surface area contributed by atoms with E-state index in [-0.39, 0.29) is 24.0 Å². The lowest BCUT2D eigenvalue weighted by molar-refractivity contribution is -0.681. The Bertz CT molecular complexity index is 145. The average molecular weight is 225 g/mol. The number of oxazole rings is 1. The van der Waals surface area contributed by atoms with E-state index in [1.165, 1.54) is 0 Å². The number of halogens is 1. The summed E-state index contributed by atoms with van der Waals surface area (Å²) in [6, 6.07) is 0. The summed E-state index contributed by atoms with van der Waals surface area (Å²) in [5.74, 6) is 0.931. The zero-order valence-electron chi connectivity index (χ0n) is 4.89. The predicted octanol–water partition coefficient (Wildman–Crippen LogP) is -2.58. The van der Waals surface area contributed by atoms with Crippen LogP contribution in [0, 0.1) is 6.92 Å². The van der Waals surface area contributed by atoms with Crippen molar-refractivity contribution in [1.29, 1.82) is 0 Å². The lowest BCUT2D eigenvalue weighted by Crippen LogP contribution is -3.00. The molecule has 0 aliphatic carbocycles. The normalized spacial score (nSPS) is 8.25. The third-order valence-corrected chi connectivity index (χ3v) is 1.02. The molecule has 0 saturated heterocycles. The van der Waals surface area contributed by atoms with Gasteiger partial charge in [-0.25, -0.2) is 0 Å². The standard InChI is InChI=1S/C5H8NO.HI/c1-5-6(2)3-4-7-5;/h3-4H,1-2H3;1H/q+1;/p-1. The number of aryl methyl sites for hydroxylation is 2. The molecule has 0 aliphatic heterocycles. The van der Waals surface area contributed by atoms with E-state index in [9.17, 15) is 0 Å². The van der Waals surface area contributed by atoms with Gasteiger partial charge in [-0.3, -0.25) is 0 Å². The second-order valence-electron chi connectivity index (χ2n) is 1.53. The fraction of sp³-hybridized carbons (Fsp3) is 0.400. The van der Waals surface area contributed by atoms with Gasteiger partial charge in [-0.1, -0.05) is 0 Å². The van der Waals surface area contributed by atoms with Crippen LogP contribution in [0.1, 0.15) is 5.89 Å². The van der Waals surface area contributed by atoms with Crippen LogP contribution >= 0.6 is 0 Å². The third kappa shape index (κ3) is 1.47. The van der Waals surface area contributed by atoms with Gasteiger partial charge in [0.15, 0.2) is 6.26 Å². The van der Waals surface area contributed by atoms with Crippen molar-refractivity contribution in [2.24, 2.45) is 7.05 Å². The minimum atomic E-state index is 0. The predicted molar refractivity (Wildman–Crippen MR) is 24.6 cm³/mol. The molecule has 0 N–H and O–H groups in total. The molecule has 8 heavy (non-hydrogen) atoms. The van der Waals surface area contributed by atoms with E-state index in [1.807, 2.05) is 24.7 Å². The summed E-state index contributed by atoms with van der Waals surface area (Å²) in [5, 5.41) is 0. The molecule has 0 fully saturated rings. The van der Waals surface area contributed by atoms with Crippen molar-refractivity contribution in [3.8, 4) is 0 Å². The number of nitrogens with zero attached hydrogens (tertiary/aromatic N) is 1. The van der Waals surface area contributed by atoms with E-state index in [0.29, 0.717) is 0 Å². The molecule has 0 atom stereocenters. The average Bonchev–Trinajstić information content (AvgIpc) is 1.91. The smallest absolute Gasteiger partial charge is 0.343 e. The van der Waals surface area contributed by atoms with Crippen LogP contribution in [0.25, 0.3) is 0 Å². The SMILES string of the molecule is Cc1occ[n+]1C.[I-]. The highest BCUT2D eigenvalue weighted by atomic mass is 127. The molecule has 0 aliphatic rings. The second-order valence-corrected chi connectivity index (χ2v) is 1.53. The van der Waals surface area contributed by atoms with Crippen LogP contribution in [0.2, 0.25) is 0 Å². The molecule has 0 unspecified atom stereocenters. The van der Waals surface area contributed by atoms with Gasteiger partial charge in [-0.2, -0.15) is 4.57 Å². The van der Waals surface area contributed by atoms with Gasteiger partial charge in [0.2, 0.25) is 6.20 Å². The lowest BCUT2D eigenvalue weighted by atomic mass is 10.7. The Morgan fingerprint density at radius 3 is 2.38 bits per heavy atom. The summed E-state index contributed by atoms with van der Waals surface area (Å²) < 4.78 is 6.84. The maximum atomic E-state index is 4.93. The molecule has 2 nitrogen and oxygen atoms in total. The van der Waals surface area contributed by atoms with Crippen LogP contribution < -0.4 is 28.5 Å². The molecule has 1 rings (SSSR count). The molecule has 0 bridgehead atoms. The van der Waals surface area contributed by atoms with Gasteiger partial charge in [0.1, 0.15) is 7.05 Å². The van der Waals surface area contributed by atoms with E-state index >= 15 is 0 Å². The zero-order valence-corrected chi connectivity index (χ0v) is 7.05. The van der Waals surface area contributed by atoms with E-state index in [2.05, 4.69) is 0 Å². The number of aromatic nitrogens is 1. The van der Waals surface area contributed by atoms with Crippen LogP contribution in [-0.4, -0.2) is 0 Å². The number of hydrogen-bond acceptors (Lipinski definition) is 1. The molecule has 0 amide bonds. The lowest BCUT2D eigenvalue weighted by Gasteiger charge is -1.72. The molecule has 0 spiro atoms. The first-order valence-corrected chi connectivity index (χ1v) is 2.20. The van der Waals surface area contributed by atoms with Crippen LogP contribution in [0.15, 0.2) is 16.9 Å². The summed E-state index contributed by atoms with van der Waals surface area (Å²) in [7, 11) is 1.94. The van der Waals surface area contributed by atoms with Gasteiger partial charge in [-0.15, -0.1) is 0 Å². The molecule has 3 heteroatoms. The van der Waals surface area contributed by atoms with Gasteiger partial charge in [0.25, 0.3) is 0 Å². The monoisotopic (exact) mass is 225 g/mol. The Labute approximate surface area is 65.5 Å². The van der Waals surface area contributed by atoms with Crippen LogP contribution in [-0.2, 0) is 7.05 Å². The van der Waals surface area contributed by atoms with Gasteiger partial charge < -0.3 is 28.4 Å². The Morgan fingerprint density at radius 2 is 2.25 bits per heavy atom. The van der Waals surface area contributed by atoms with Gasteiger partial charge in [0.05, 0.1) is 6.92 Å². The first kappa shape index (κ1) is 7.94. The molecular weight excluding hydrogens is 217 g/mol. The fourth-order valence-electron chi connectivity index (χ4n) is 0.408. The zero-order chi connectivity index (χ0) is 5.28. The summed E-state index contributed by atoms with van der Waals surface area (Å²) in [6.45, 7) is 1.92. The summed E-state index contributed by atoms with van der Waals surface area (Å²) in [6.07, 6.45) is 3.53. The maximum Gasteiger partial charge on any atom is 0.343 e. The van der Waals surface area contributed by atoms with Crippen LogP contribution in [0.4, 0.5) is 0 Å². The van der Waals surface area contributed by atoms with Crippen LogP contribution in [0.3, 0.4) is 0 Å².